The van der Waals surface area contributed by atoms with Crippen LogP contribution in [-0.2, 0) is 0 Å². The van der Waals surface area contributed by atoms with Gasteiger partial charge in [0.05, 0.1) is 11.2 Å². The SMILES string of the molecule is Cc1nc2ccccc2cc1OC(C)c1ccccc1. The molecule has 0 aliphatic carbocycles. The molecule has 3 aromatic rings. The number of hydrogen-bond donors (Lipinski definition) is 0. The molecule has 0 saturated heterocycles. The minimum atomic E-state index is 0.0119. The Balaban J connectivity index is 1.92. The minimum absolute atomic E-state index is 0.0119. The number of pyridine rings is 1. The van der Waals surface area contributed by atoms with Crippen molar-refractivity contribution in [3.8, 4) is 5.75 Å². The van der Waals surface area contributed by atoms with E-state index in [-0.39, 0.29) is 6.10 Å². The fourth-order valence-electron chi connectivity index (χ4n) is 2.29. The fraction of sp³-hybridized carbons (Fsp3) is 0.167. The summed E-state index contributed by atoms with van der Waals surface area (Å²) in [5.41, 5.74) is 3.09. The Morgan fingerprint density at radius 2 is 1.65 bits per heavy atom. The molecule has 1 heterocycles. The Kier molecular flexibility index (Phi) is 3.38. The summed E-state index contributed by atoms with van der Waals surface area (Å²) in [7, 11) is 0. The van der Waals surface area contributed by atoms with Crippen molar-refractivity contribution in [1.82, 2.24) is 4.98 Å². The number of rotatable bonds is 3. The summed E-state index contributed by atoms with van der Waals surface area (Å²) in [6.45, 7) is 4.05. The van der Waals surface area contributed by atoms with Gasteiger partial charge in [-0.3, -0.25) is 0 Å². The van der Waals surface area contributed by atoms with Gasteiger partial charge in [-0.2, -0.15) is 0 Å². The molecule has 100 valence electrons. The average Bonchev–Trinajstić information content (AvgIpc) is 2.49. The normalized spacial score (nSPS) is 12.3. The molecule has 2 nitrogen and oxygen atoms in total. The average molecular weight is 263 g/mol. The molecule has 0 fully saturated rings. The van der Waals surface area contributed by atoms with Crippen molar-refractivity contribution in [2.75, 3.05) is 0 Å². The van der Waals surface area contributed by atoms with E-state index in [2.05, 4.69) is 36.2 Å². The summed E-state index contributed by atoms with van der Waals surface area (Å²) in [4.78, 5) is 4.60. The summed E-state index contributed by atoms with van der Waals surface area (Å²) >= 11 is 0. The minimum Gasteiger partial charge on any atom is -0.484 e. The van der Waals surface area contributed by atoms with Crippen LogP contribution in [0.5, 0.6) is 5.75 Å². The number of benzene rings is 2. The van der Waals surface area contributed by atoms with Crippen LogP contribution in [0.25, 0.3) is 10.9 Å². The number of hydrogen-bond acceptors (Lipinski definition) is 2. The van der Waals surface area contributed by atoms with Gasteiger partial charge in [0.2, 0.25) is 0 Å². The van der Waals surface area contributed by atoms with Crippen molar-refractivity contribution in [3.63, 3.8) is 0 Å². The van der Waals surface area contributed by atoms with Crippen molar-refractivity contribution in [1.29, 1.82) is 0 Å². The number of ether oxygens (including phenoxy) is 1. The third-order valence-electron chi connectivity index (χ3n) is 3.44. The largest absolute Gasteiger partial charge is 0.484 e. The van der Waals surface area contributed by atoms with Gasteiger partial charge in [0.15, 0.2) is 0 Å². The topological polar surface area (TPSA) is 22.1 Å². The Labute approximate surface area is 119 Å². The molecule has 0 saturated carbocycles. The lowest BCUT2D eigenvalue weighted by Gasteiger charge is -2.17. The molecule has 2 aromatic carbocycles. The number of para-hydroxylation sites is 1. The van der Waals surface area contributed by atoms with Gasteiger partial charge in [0.1, 0.15) is 11.9 Å². The van der Waals surface area contributed by atoms with Gasteiger partial charge >= 0.3 is 0 Å². The predicted molar refractivity (Wildman–Crippen MR) is 82.0 cm³/mol. The zero-order chi connectivity index (χ0) is 13.9. The highest BCUT2D eigenvalue weighted by Gasteiger charge is 2.10. The molecule has 0 amide bonds. The Hall–Kier alpha value is -2.35. The second-order valence-electron chi connectivity index (χ2n) is 4.94. The summed E-state index contributed by atoms with van der Waals surface area (Å²) in [6.07, 6.45) is 0.0119. The maximum Gasteiger partial charge on any atom is 0.142 e. The second-order valence-corrected chi connectivity index (χ2v) is 4.94. The van der Waals surface area contributed by atoms with Crippen LogP contribution in [0.4, 0.5) is 0 Å². The lowest BCUT2D eigenvalue weighted by molar-refractivity contribution is 0.224. The predicted octanol–water partition coefficient (Wildman–Crippen LogP) is 4.68. The zero-order valence-electron chi connectivity index (χ0n) is 11.7. The Morgan fingerprint density at radius 1 is 0.950 bits per heavy atom. The highest BCUT2D eigenvalue weighted by Crippen LogP contribution is 2.27. The first kappa shape index (κ1) is 12.7. The zero-order valence-corrected chi connectivity index (χ0v) is 11.7. The van der Waals surface area contributed by atoms with Gasteiger partial charge in [-0.25, -0.2) is 4.98 Å². The van der Waals surface area contributed by atoms with E-state index in [9.17, 15) is 0 Å². The first-order valence-corrected chi connectivity index (χ1v) is 6.82. The van der Waals surface area contributed by atoms with Crippen molar-refractivity contribution in [3.05, 3.63) is 71.9 Å². The lowest BCUT2D eigenvalue weighted by Crippen LogP contribution is -2.04. The molecule has 3 rings (SSSR count). The fourth-order valence-corrected chi connectivity index (χ4v) is 2.29. The summed E-state index contributed by atoms with van der Waals surface area (Å²) in [6, 6.07) is 20.4. The molecule has 0 radical (unpaired) electrons. The van der Waals surface area contributed by atoms with Crippen molar-refractivity contribution < 1.29 is 4.74 Å². The first-order valence-electron chi connectivity index (χ1n) is 6.82. The molecule has 0 bridgehead atoms. The molecular formula is C18H17NO. The highest BCUT2D eigenvalue weighted by atomic mass is 16.5. The van der Waals surface area contributed by atoms with E-state index < -0.39 is 0 Å². The van der Waals surface area contributed by atoms with Crippen molar-refractivity contribution in [2.24, 2.45) is 0 Å². The molecule has 0 spiro atoms. The van der Waals surface area contributed by atoms with Gasteiger partial charge in [0, 0.05) is 5.39 Å². The van der Waals surface area contributed by atoms with Crippen LogP contribution in [-0.4, -0.2) is 4.98 Å². The van der Waals surface area contributed by atoms with Crippen LogP contribution in [0, 0.1) is 6.92 Å². The molecule has 0 aliphatic heterocycles. The number of nitrogens with zero attached hydrogens (tertiary/aromatic N) is 1. The molecule has 20 heavy (non-hydrogen) atoms. The van der Waals surface area contributed by atoms with E-state index >= 15 is 0 Å². The standard InChI is InChI=1S/C18H17NO/c1-13-18(12-16-10-6-7-11-17(16)19-13)20-14(2)15-8-4-3-5-9-15/h3-12,14H,1-2H3. The Morgan fingerprint density at radius 3 is 2.45 bits per heavy atom. The van der Waals surface area contributed by atoms with Crippen molar-refractivity contribution >= 4 is 10.9 Å². The second kappa shape index (κ2) is 5.33. The summed E-state index contributed by atoms with van der Waals surface area (Å²) in [5.74, 6) is 0.847. The van der Waals surface area contributed by atoms with Gasteiger partial charge in [0.25, 0.3) is 0 Å². The van der Waals surface area contributed by atoms with Gasteiger partial charge < -0.3 is 4.74 Å². The van der Waals surface area contributed by atoms with Crippen LogP contribution >= 0.6 is 0 Å². The lowest BCUT2D eigenvalue weighted by atomic mass is 10.1. The molecule has 2 heteroatoms. The quantitative estimate of drug-likeness (QED) is 0.684. The number of aromatic nitrogens is 1. The maximum atomic E-state index is 6.08. The van der Waals surface area contributed by atoms with E-state index in [4.69, 9.17) is 4.74 Å². The molecule has 0 aliphatic rings. The number of fused-ring (bicyclic) bond motifs is 1. The van der Waals surface area contributed by atoms with Crippen LogP contribution in [0.1, 0.15) is 24.3 Å². The van der Waals surface area contributed by atoms with E-state index in [0.29, 0.717) is 0 Å². The van der Waals surface area contributed by atoms with Crippen LogP contribution < -0.4 is 4.74 Å². The van der Waals surface area contributed by atoms with E-state index in [0.717, 1.165) is 22.3 Å². The van der Waals surface area contributed by atoms with Crippen LogP contribution in [0.15, 0.2) is 60.7 Å². The van der Waals surface area contributed by atoms with Crippen LogP contribution in [0.2, 0.25) is 0 Å². The molecule has 0 N–H and O–H groups in total. The molecule has 1 atom stereocenters. The van der Waals surface area contributed by atoms with E-state index in [1.165, 1.54) is 5.56 Å². The molecular weight excluding hydrogens is 246 g/mol. The third kappa shape index (κ3) is 2.50. The molecule has 1 aromatic heterocycles. The number of aryl methyl sites for hydroxylation is 1. The first-order chi connectivity index (χ1) is 9.74. The highest BCUT2D eigenvalue weighted by molar-refractivity contribution is 5.80. The van der Waals surface area contributed by atoms with Crippen LogP contribution in [0.3, 0.4) is 0 Å². The smallest absolute Gasteiger partial charge is 0.142 e. The van der Waals surface area contributed by atoms with E-state index in [1.807, 2.05) is 43.3 Å². The molecule has 1 unspecified atom stereocenters. The van der Waals surface area contributed by atoms with E-state index in [1.54, 1.807) is 0 Å². The Bertz CT molecular complexity index is 722. The van der Waals surface area contributed by atoms with Gasteiger partial charge in [-0.05, 0) is 31.5 Å². The van der Waals surface area contributed by atoms with Gasteiger partial charge in [-0.1, -0.05) is 48.5 Å². The summed E-state index contributed by atoms with van der Waals surface area (Å²) < 4.78 is 6.08. The summed E-state index contributed by atoms with van der Waals surface area (Å²) in [5, 5.41) is 1.10. The monoisotopic (exact) mass is 263 g/mol. The van der Waals surface area contributed by atoms with Crippen molar-refractivity contribution in [2.45, 2.75) is 20.0 Å². The maximum absolute atomic E-state index is 6.08. The van der Waals surface area contributed by atoms with Gasteiger partial charge in [-0.15, -0.1) is 0 Å². The third-order valence-corrected chi connectivity index (χ3v) is 3.44.